The molecule has 96 valence electrons. The average molecular weight is 262 g/mol. The molecule has 0 spiro atoms. The van der Waals surface area contributed by atoms with E-state index < -0.39 is 0 Å². The van der Waals surface area contributed by atoms with E-state index in [4.69, 9.17) is 0 Å². The number of aromatic nitrogens is 3. The lowest BCUT2D eigenvalue weighted by molar-refractivity contribution is 0.589. The maximum absolute atomic E-state index is 4.24. The topological polar surface area (TPSA) is 50.7 Å². The molecule has 18 heavy (non-hydrogen) atoms. The Hall–Kier alpha value is -1.33. The third kappa shape index (κ3) is 2.91. The molecule has 0 aliphatic heterocycles. The summed E-state index contributed by atoms with van der Waals surface area (Å²) in [6.07, 6.45) is 4.59. The summed E-state index contributed by atoms with van der Waals surface area (Å²) in [4.78, 5) is 5.28. The summed E-state index contributed by atoms with van der Waals surface area (Å²) in [5.41, 5.74) is 2.38. The van der Waals surface area contributed by atoms with Crippen molar-refractivity contribution in [2.75, 3.05) is 7.05 Å². The van der Waals surface area contributed by atoms with E-state index in [1.807, 2.05) is 31.6 Å². The zero-order valence-electron chi connectivity index (χ0n) is 10.9. The molecule has 4 nitrogen and oxygen atoms in total. The molecule has 0 amide bonds. The van der Waals surface area contributed by atoms with Crippen LogP contribution in [0.3, 0.4) is 0 Å². The van der Waals surface area contributed by atoms with Crippen LogP contribution in [0.5, 0.6) is 0 Å². The van der Waals surface area contributed by atoms with Gasteiger partial charge in [-0.05, 0) is 48.6 Å². The Morgan fingerprint density at radius 2 is 2.00 bits per heavy atom. The van der Waals surface area contributed by atoms with E-state index in [1.165, 1.54) is 22.0 Å². The fourth-order valence-electron chi connectivity index (χ4n) is 1.93. The lowest BCUT2D eigenvalue weighted by Gasteiger charge is -2.16. The first kappa shape index (κ1) is 13.1. The third-order valence-electron chi connectivity index (χ3n) is 2.94. The van der Waals surface area contributed by atoms with E-state index in [-0.39, 0.29) is 6.04 Å². The van der Waals surface area contributed by atoms with Gasteiger partial charge in [-0.25, -0.2) is 0 Å². The van der Waals surface area contributed by atoms with Gasteiger partial charge in [-0.15, -0.1) is 5.10 Å². The zero-order chi connectivity index (χ0) is 13.0. The molecule has 0 saturated heterocycles. The quantitative estimate of drug-likeness (QED) is 0.899. The van der Waals surface area contributed by atoms with Gasteiger partial charge >= 0.3 is 0 Å². The van der Waals surface area contributed by atoms with E-state index >= 15 is 0 Å². The first-order valence-corrected chi connectivity index (χ1v) is 6.88. The Balaban J connectivity index is 2.21. The van der Waals surface area contributed by atoms with Crippen molar-refractivity contribution < 1.29 is 0 Å². The Labute approximate surface area is 112 Å². The van der Waals surface area contributed by atoms with Gasteiger partial charge in [0.25, 0.3) is 0 Å². The van der Waals surface area contributed by atoms with Crippen molar-refractivity contribution in [2.24, 2.45) is 0 Å². The molecule has 0 radical (unpaired) electrons. The van der Waals surface area contributed by atoms with Crippen LogP contribution in [-0.4, -0.2) is 21.6 Å². The summed E-state index contributed by atoms with van der Waals surface area (Å²) < 4.78 is 4.09. The normalized spacial score (nSPS) is 12.9. The molecule has 0 aliphatic carbocycles. The second kappa shape index (κ2) is 6.02. The molecule has 0 saturated carbocycles. The molecule has 2 aromatic rings. The Bertz CT molecular complexity index is 481. The number of likely N-dealkylation sites (N-methyl/N-ethyl adjacent to an activating group) is 1. The van der Waals surface area contributed by atoms with E-state index in [0.717, 1.165) is 12.1 Å². The number of hydrogen-bond donors (Lipinski definition) is 1. The van der Waals surface area contributed by atoms with Gasteiger partial charge in [-0.1, -0.05) is 18.3 Å². The highest BCUT2D eigenvalue weighted by molar-refractivity contribution is 7.05. The second-order valence-corrected chi connectivity index (χ2v) is 5.36. The maximum Gasteiger partial charge on any atom is 0.0829 e. The van der Waals surface area contributed by atoms with Crippen LogP contribution in [0.1, 0.15) is 41.9 Å². The highest BCUT2D eigenvalue weighted by atomic mass is 32.1. The Kier molecular flexibility index (Phi) is 4.38. The van der Waals surface area contributed by atoms with Crippen LogP contribution in [0.4, 0.5) is 0 Å². The van der Waals surface area contributed by atoms with Gasteiger partial charge in [0.05, 0.1) is 10.6 Å². The predicted octanol–water partition coefficient (Wildman–Crippen LogP) is 2.56. The van der Waals surface area contributed by atoms with Crippen molar-refractivity contribution in [3.8, 4) is 0 Å². The smallest absolute Gasteiger partial charge is 0.0829 e. The molecule has 2 heterocycles. The van der Waals surface area contributed by atoms with Crippen LogP contribution in [0, 0.1) is 0 Å². The lowest BCUT2D eigenvalue weighted by atomic mass is 10.0. The molecule has 5 heteroatoms. The Morgan fingerprint density at radius 1 is 1.28 bits per heavy atom. The minimum atomic E-state index is 0.268. The van der Waals surface area contributed by atoms with E-state index in [1.54, 1.807) is 0 Å². The number of rotatable bonds is 5. The van der Waals surface area contributed by atoms with Crippen molar-refractivity contribution in [2.45, 2.75) is 32.2 Å². The van der Waals surface area contributed by atoms with Crippen molar-refractivity contribution in [3.05, 3.63) is 40.7 Å². The van der Waals surface area contributed by atoms with Gasteiger partial charge in [0, 0.05) is 18.4 Å². The van der Waals surface area contributed by atoms with Crippen molar-refractivity contribution in [3.63, 3.8) is 0 Å². The summed E-state index contributed by atoms with van der Waals surface area (Å²) >= 11 is 1.49. The molecule has 2 rings (SSSR count). The minimum Gasteiger partial charge on any atom is -0.312 e. The van der Waals surface area contributed by atoms with Crippen LogP contribution in [-0.2, 0) is 6.42 Å². The van der Waals surface area contributed by atoms with Gasteiger partial charge < -0.3 is 5.32 Å². The third-order valence-corrected chi connectivity index (χ3v) is 3.79. The fraction of sp³-hybridized carbons (Fsp3) is 0.462. The lowest BCUT2D eigenvalue weighted by Crippen LogP contribution is -2.19. The maximum atomic E-state index is 4.24. The number of nitrogens with zero attached hydrogens (tertiary/aromatic N) is 3. The summed E-state index contributed by atoms with van der Waals surface area (Å²) in [6, 6.07) is 4.37. The fourth-order valence-corrected chi connectivity index (χ4v) is 2.84. The molecule has 1 N–H and O–H groups in total. The molecular formula is C13H18N4S. The zero-order valence-corrected chi connectivity index (χ0v) is 11.7. The van der Waals surface area contributed by atoms with Crippen molar-refractivity contribution in [1.82, 2.24) is 19.9 Å². The average Bonchev–Trinajstić information content (AvgIpc) is 2.86. The predicted molar refractivity (Wildman–Crippen MR) is 73.7 cm³/mol. The van der Waals surface area contributed by atoms with Crippen LogP contribution in [0.25, 0.3) is 0 Å². The summed E-state index contributed by atoms with van der Waals surface area (Å²) in [6.45, 7) is 4.30. The molecular weight excluding hydrogens is 244 g/mol. The molecule has 1 unspecified atom stereocenters. The first-order valence-electron chi connectivity index (χ1n) is 6.10. The molecule has 0 aliphatic rings. The van der Waals surface area contributed by atoms with Crippen LogP contribution in [0.15, 0.2) is 24.5 Å². The van der Waals surface area contributed by atoms with Crippen molar-refractivity contribution in [1.29, 1.82) is 0 Å². The molecule has 0 aromatic carbocycles. The standard InChI is InChI=1S/C13H18N4S/c1-9(2)12-13(18-17-16-12)11(14-3)8-10-4-6-15-7-5-10/h4-7,9,11,14H,8H2,1-3H3. The highest BCUT2D eigenvalue weighted by Gasteiger charge is 2.20. The first-order chi connectivity index (χ1) is 8.72. The highest BCUT2D eigenvalue weighted by Crippen LogP contribution is 2.28. The Morgan fingerprint density at radius 3 is 2.61 bits per heavy atom. The van der Waals surface area contributed by atoms with Crippen molar-refractivity contribution >= 4 is 11.5 Å². The van der Waals surface area contributed by atoms with Gasteiger partial charge in [0.15, 0.2) is 0 Å². The van der Waals surface area contributed by atoms with Crippen LogP contribution >= 0.6 is 11.5 Å². The SMILES string of the molecule is CNC(Cc1ccncc1)c1snnc1C(C)C. The van der Waals surface area contributed by atoms with Gasteiger partial charge in [0.2, 0.25) is 0 Å². The van der Waals surface area contributed by atoms with Gasteiger partial charge in [-0.3, -0.25) is 4.98 Å². The second-order valence-electron chi connectivity index (χ2n) is 4.58. The van der Waals surface area contributed by atoms with E-state index in [2.05, 4.69) is 33.7 Å². The largest absolute Gasteiger partial charge is 0.312 e. The van der Waals surface area contributed by atoms with Gasteiger partial charge in [0.1, 0.15) is 0 Å². The summed E-state index contributed by atoms with van der Waals surface area (Å²) in [5, 5.41) is 7.60. The summed E-state index contributed by atoms with van der Waals surface area (Å²) in [5.74, 6) is 0.409. The summed E-state index contributed by atoms with van der Waals surface area (Å²) in [7, 11) is 1.98. The molecule has 0 bridgehead atoms. The molecule has 1 atom stereocenters. The monoisotopic (exact) mass is 262 g/mol. The minimum absolute atomic E-state index is 0.268. The van der Waals surface area contributed by atoms with Crippen LogP contribution in [0.2, 0.25) is 0 Å². The van der Waals surface area contributed by atoms with E-state index in [0.29, 0.717) is 5.92 Å². The molecule has 2 aromatic heterocycles. The number of nitrogens with one attached hydrogen (secondary N) is 1. The van der Waals surface area contributed by atoms with E-state index in [9.17, 15) is 0 Å². The number of pyridine rings is 1. The van der Waals surface area contributed by atoms with Crippen LogP contribution < -0.4 is 5.32 Å². The molecule has 0 fully saturated rings. The van der Waals surface area contributed by atoms with Gasteiger partial charge in [-0.2, -0.15) is 0 Å². The number of hydrogen-bond acceptors (Lipinski definition) is 5.